The van der Waals surface area contributed by atoms with E-state index in [1.54, 1.807) is 24.5 Å². The first-order valence-electron chi connectivity index (χ1n) is 14.8. The van der Waals surface area contributed by atoms with Crippen molar-refractivity contribution in [2.75, 3.05) is 32.8 Å². The maximum atomic E-state index is 12.4. The van der Waals surface area contributed by atoms with Gasteiger partial charge in [-0.05, 0) is 28.8 Å². The number of pyridine rings is 1. The van der Waals surface area contributed by atoms with E-state index in [1.807, 2.05) is 48.5 Å². The van der Waals surface area contributed by atoms with Gasteiger partial charge < -0.3 is 34.3 Å². The normalized spacial score (nSPS) is 25.9. The predicted molar refractivity (Wildman–Crippen MR) is 155 cm³/mol. The number of carbonyl (C=O) groups is 1. The second kappa shape index (κ2) is 13.0. The highest BCUT2D eigenvalue weighted by Crippen LogP contribution is 2.42. The molecule has 0 aliphatic carbocycles. The monoisotopic (exact) mass is 573 g/mol. The molecule has 0 bridgehead atoms. The second-order valence-corrected chi connectivity index (χ2v) is 11.4. The van der Waals surface area contributed by atoms with E-state index in [1.165, 1.54) is 0 Å². The van der Waals surface area contributed by atoms with Gasteiger partial charge in [-0.2, -0.15) is 0 Å². The summed E-state index contributed by atoms with van der Waals surface area (Å²) in [6.07, 6.45) is 4.16. The largest absolute Gasteiger partial charge is 0.392 e. The number of aromatic nitrogens is 1. The molecule has 1 aromatic heterocycles. The van der Waals surface area contributed by atoms with Crippen LogP contribution in [-0.4, -0.2) is 65.6 Å². The van der Waals surface area contributed by atoms with Crippen molar-refractivity contribution in [1.82, 2.24) is 15.2 Å². The summed E-state index contributed by atoms with van der Waals surface area (Å²) in [4.78, 5) is 18.9. The van der Waals surface area contributed by atoms with Gasteiger partial charge in [-0.15, -0.1) is 0 Å². The van der Waals surface area contributed by atoms with Gasteiger partial charge in [0.25, 0.3) is 5.91 Å². The molecule has 4 unspecified atom stereocenters. The highest BCUT2D eigenvalue weighted by Gasteiger charge is 2.43. The number of amides is 1. The number of aliphatic hydroxyl groups excluding tert-OH is 1. The fraction of sp³-hybridized carbons (Fsp3) is 0.455. The molecule has 1 spiro atoms. The van der Waals surface area contributed by atoms with Crippen LogP contribution in [-0.2, 0) is 32.1 Å². The Morgan fingerprint density at radius 3 is 2.33 bits per heavy atom. The Hall–Kier alpha value is -3.18. The highest BCUT2D eigenvalue weighted by molar-refractivity contribution is 5.93. The summed E-state index contributed by atoms with van der Waals surface area (Å²) in [6.45, 7) is 6.54. The third kappa shape index (κ3) is 6.57. The lowest BCUT2D eigenvalue weighted by Gasteiger charge is -2.44. The molecule has 2 aromatic carbocycles. The van der Waals surface area contributed by atoms with Crippen LogP contribution in [0.2, 0.25) is 0 Å². The van der Waals surface area contributed by atoms with Crippen molar-refractivity contribution in [2.24, 2.45) is 5.92 Å². The minimum Gasteiger partial charge on any atom is -0.392 e. The number of nitrogens with zero attached hydrogens (tertiary/aromatic N) is 2. The van der Waals surface area contributed by atoms with Gasteiger partial charge in [0.2, 0.25) is 0 Å². The number of nitrogens with one attached hydrogen (secondary N) is 1. The van der Waals surface area contributed by atoms with E-state index in [0.29, 0.717) is 25.3 Å². The molecule has 3 aliphatic heterocycles. The molecule has 1 amide bonds. The molecular formula is C33H39N3O6. The predicted octanol–water partition coefficient (Wildman–Crippen LogP) is 4.13. The SMILES string of the molecule is CC1C(CN2CCC3(CC2)OCCO3)OC(c2ccc(CNC(=O)c3cccnc3)cc2)OC1c1ccc(CO)cc1. The quantitative estimate of drug-likeness (QED) is 0.415. The number of carbonyl (C=O) groups excluding carboxylic acids is 1. The standard InChI is InChI=1S/C33H39N3O6/c1-23-29(21-36-15-12-33(13-16-36)39-17-18-40-33)41-32(42-30(23)26-8-6-25(22-37)7-9-26)27-10-4-24(5-11-27)19-35-31(38)28-3-2-14-34-20-28/h2-11,14,20,23,29-30,32,37H,12-13,15-19,21-22H2,1H3,(H,35,38). The first kappa shape index (κ1) is 28.9. The average Bonchev–Trinajstić information content (AvgIpc) is 3.50. The number of rotatable bonds is 8. The highest BCUT2D eigenvalue weighted by atomic mass is 16.7. The van der Waals surface area contributed by atoms with Gasteiger partial charge in [0.05, 0.1) is 37.6 Å². The van der Waals surface area contributed by atoms with Gasteiger partial charge in [-0.25, -0.2) is 0 Å². The van der Waals surface area contributed by atoms with Crippen LogP contribution in [0.4, 0.5) is 0 Å². The van der Waals surface area contributed by atoms with Gasteiger partial charge in [-0.3, -0.25) is 9.78 Å². The van der Waals surface area contributed by atoms with E-state index in [2.05, 4.69) is 22.1 Å². The van der Waals surface area contributed by atoms with Gasteiger partial charge in [0, 0.05) is 62.9 Å². The van der Waals surface area contributed by atoms with Crippen LogP contribution < -0.4 is 5.32 Å². The van der Waals surface area contributed by atoms with Crippen molar-refractivity contribution >= 4 is 5.91 Å². The Kier molecular flexibility index (Phi) is 8.95. The van der Waals surface area contributed by atoms with Crippen molar-refractivity contribution < 1.29 is 28.8 Å². The fourth-order valence-electron chi connectivity index (χ4n) is 6.02. The lowest BCUT2D eigenvalue weighted by molar-refractivity contribution is -0.278. The fourth-order valence-corrected chi connectivity index (χ4v) is 6.02. The zero-order chi connectivity index (χ0) is 28.9. The third-order valence-corrected chi connectivity index (χ3v) is 8.62. The summed E-state index contributed by atoms with van der Waals surface area (Å²) in [5.74, 6) is -0.456. The minimum atomic E-state index is -0.537. The summed E-state index contributed by atoms with van der Waals surface area (Å²) in [5, 5.41) is 12.5. The van der Waals surface area contributed by atoms with E-state index in [-0.39, 0.29) is 30.6 Å². The molecule has 222 valence electrons. The maximum absolute atomic E-state index is 12.4. The van der Waals surface area contributed by atoms with Gasteiger partial charge in [0.1, 0.15) is 0 Å². The molecular weight excluding hydrogens is 534 g/mol. The molecule has 6 rings (SSSR count). The second-order valence-electron chi connectivity index (χ2n) is 11.4. The minimum absolute atomic E-state index is 0.00857. The van der Waals surface area contributed by atoms with E-state index in [0.717, 1.165) is 54.7 Å². The Morgan fingerprint density at radius 1 is 0.976 bits per heavy atom. The van der Waals surface area contributed by atoms with Crippen LogP contribution >= 0.6 is 0 Å². The number of aliphatic hydroxyl groups is 1. The number of piperidine rings is 1. The Morgan fingerprint density at radius 2 is 1.67 bits per heavy atom. The average molecular weight is 574 g/mol. The smallest absolute Gasteiger partial charge is 0.253 e. The Bertz CT molecular complexity index is 1300. The molecule has 9 heteroatoms. The van der Waals surface area contributed by atoms with E-state index in [9.17, 15) is 9.90 Å². The molecule has 0 saturated carbocycles. The molecule has 42 heavy (non-hydrogen) atoms. The van der Waals surface area contributed by atoms with E-state index < -0.39 is 12.1 Å². The Balaban J connectivity index is 1.15. The zero-order valence-electron chi connectivity index (χ0n) is 24.0. The van der Waals surface area contributed by atoms with Gasteiger partial charge in [-0.1, -0.05) is 55.5 Å². The molecule has 0 radical (unpaired) electrons. The Labute approximate surface area is 246 Å². The maximum Gasteiger partial charge on any atom is 0.253 e. The van der Waals surface area contributed by atoms with Gasteiger partial charge >= 0.3 is 0 Å². The summed E-state index contributed by atoms with van der Waals surface area (Å²) in [6, 6.07) is 19.5. The molecule has 3 aliphatic rings. The number of ether oxygens (including phenoxy) is 4. The van der Waals surface area contributed by atoms with Crippen molar-refractivity contribution in [1.29, 1.82) is 0 Å². The van der Waals surface area contributed by atoms with Crippen LogP contribution in [0, 0.1) is 5.92 Å². The van der Waals surface area contributed by atoms with Crippen LogP contribution in [0.1, 0.15) is 64.8 Å². The van der Waals surface area contributed by atoms with Crippen LogP contribution in [0.5, 0.6) is 0 Å². The van der Waals surface area contributed by atoms with Crippen molar-refractivity contribution in [3.05, 3.63) is 101 Å². The molecule has 3 fully saturated rings. The van der Waals surface area contributed by atoms with E-state index in [4.69, 9.17) is 18.9 Å². The first-order valence-corrected chi connectivity index (χ1v) is 14.8. The van der Waals surface area contributed by atoms with Crippen molar-refractivity contribution in [3.8, 4) is 0 Å². The number of hydrogen-bond donors (Lipinski definition) is 2. The third-order valence-electron chi connectivity index (χ3n) is 8.62. The molecule has 3 saturated heterocycles. The number of hydrogen-bond acceptors (Lipinski definition) is 8. The van der Waals surface area contributed by atoms with Crippen molar-refractivity contribution in [3.63, 3.8) is 0 Å². The van der Waals surface area contributed by atoms with Crippen LogP contribution in [0.15, 0.2) is 73.1 Å². The lowest BCUT2D eigenvalue weighted by atomic mass is 9.89. The summed E-state index contributed by atoms with van der Waals surface area (Å²) >= 11 is 0. The summed E-state index contributed by atoms with van der Waals surface area (Å²) in [5.41, 5.74) is 4.38. The summed E-state index contributed by atoms with van der Waals surface area (Å²) in [7, 11) is 0. The number of likely N-dealkylation sites (tertiary alicyclic amines) is 1. The van der Waals surface area contributed by atoms with Crippen LogP contribution in [0.25, 0.3) is 0 Å². The molecule has 4 atom stereocenters. The number of benzene rings is 2. The molecule has 4 heterocycles. The zero-order valence-corrected chi connectivity index (χ0v) is 24.0. The lowest BCUT2D eigenvalue weighted by Crippen LogP contribution is -2.50. The van der Waals surface area contributed by atoms with Gasteiger partial charge in [0.15, 0.2) is 12.1 Å². The van der Waals surface area contributed by atoms with Crippen LogP contribution in [0.3, 0.4) is 0 Å². The molecule has 3 aromatic rings. The first-order chi connectivity index (χ1) is 20.5. The van der Waals surface area contributed by atoms with Crippen molar-refractivity contribution in [2.45, 2.75) is 57.2 Å². The van der Waals surface area contributed by atoms with E-state index >= 15 is 0 Å². The molecule has 9 nitrogen and oxygen atoms in total. The molecule has 2 N–H and O–H groups in total. The topological polar surface area (TPSA) is 102 Å². The summed E-state index contributed by atoms with van der Waals surface area (Å²) < 4.78 is 25.1.